The molecule has 1 amide bonds. The van der Waals surface area contributed by atoms with Gasteiger partial charge in [-0.1, -0.05) is 0 Å². The van der Waals surface area contributed by atoms with Crippen molar-refractivity contribution in [2.75, 3.05) is 0 Å². The molecule has 0 saturated heterocycles. The van der Waals surface area contributed by atoms with Gasteiger partial charge in [-0.05, 0) is 38.1 Å². The Hall–Kier alpha value is -2.90. The molecular weight excluding hydrogens is 304 g/mol. The third-order valence-electron chi connectivity index (χ3n) is 3.34. The summed E-state index contributed by atoms with van der Waals surface area (Å²) < 4.78 is 28.4. The molecule has 0 aliphatic carbocycles. The average Bonchev–Trinajstić information content (AvgIpc) is 2.90. The van der Waals surface area contributed by atoms with Crippen molar-refractivity contribution >= 4 is 11.7 Å². The zero-order chi connectivity index (χ0) is 16.6. The van der Waals surface area contributed by atoms with Crippen LogP contribution in [-0.4, -0.2) is 25.5 Å². The van der Waals surface area contributed by atoms with Gasteiger partial charge in [0.05, 0.1) is 12.1 Å². The number of aromatic nitrogens is 4. The lowest BCUT2D eigenvalue weighted by Crippen LogP contribution is -2.25. The number of amides is 1. The summed E-state index contributed by atoms with van der Waals surface area (Å²) in [6, 6.07) is 4.57. The fraction of sp³-hybridized carbons (Fsp3) is 0.200. The van der Waals surface area contributed by atoms with Crippen LogP contribution in [0, 0.1) is 25.5 Å². The highest BCUT2D eigenvalue weighted by atomic mass is 19.1. The van der Waals surface area contributed by atoms with Crippen LogP contribution in [0.3, 0.4) is 0 Å². The molecule has 23 heavy (non-hydrogen) atoms. The number of fused-ring (bicyclic) bond motifs is 1. The molecule has 0 bridgehead atoms. The summed E-state index contributed by atoms with van der Waals surface area (Å²) in [6.45, 7) is 3.72. The number of benzene rings is 1. The Kier molecular flexibility index (Phi) is 3.73. The summed E-state index contributed by atoms with van der Waals surface area (Å²) in [6.07, 6.45) is 0. The van der Waals surface area contributed by atoms with Crippen LogP contribution in [0.5, 0.6) is 0 Å². The molecule has 0 unspecified atom stereocenters. The molecule has 0 aliphatic heterocycles. The van der Waals surface area contributed by atoms with Gasteiger partial charge in [0.2, 0.25) is 0 Å². The summed E-state index contributed by atoms with van der Waals surface area (Å²) in [4.78, 5) is 16.2. The van der Waals surface area contributed by atoms with E-state index < -0.39 is 17.5 Å². The van der Waals surface area contributed by atoms with Crippen molar-refractivity contribution in [2.24, 2.45) is 0 Å². The number of hydrogen-bond acceptors (Lipinski definition) is 4. The Bertz CT molecular complexity index is 906. The maximum Gasteiger partial charge on any atom is 0.255 e. The van der Waals surface area contributed by atoms with Gasteiger partial charge in [0, 0.05) is 11.4 Å². The van der Waals surface area contributed by atoms with E-state index in [-0.39, 0.29) is 12.1 Å². The molecule has 0 radical (unpaired) electrons. The van der Waals surface area contributed by atoms with Crippen molar-refractivity contribution in [3.05, 3.63) is 58.7 Å². The molecular formula is C15H13F2N5O. The summed E-state index contributed by atoms with van der Waals surface area (Å²) in [5.41, 5.74) is 1.31. The quantitative estimate of drug-likeness (QED) is 0.801. The first-order chi connectivity index (χ1) is 11.0. The lowest BCUT2D eigenvalue weighted by Gasteiger charge is -2.07. The zero-order valence-electron chi connectivity index (χ0n) is 12.5. The van der Waals surface area contributed by atoms with Gasteiger partial charge in [0.25, 0.3) is 11.7 Å². The molecule has 6 nitrogen and oxygen atoms in total. The topological polar surface area (TPSA) is 72.2 Å². The van der Waals surface area contributed by atoms with E-state index >= 15 is 0 Å². The van der Waals surface area contributed by atoms with Gasteiger partial charge >= 0.3 is 0 Å². The SMILES string of the molecule is Cc1cc(C)n2c(CNC(=O)c3cc(F)ccc3F)nnc2n1. The van der Waals surface area contributed by atoms with Crippen LogP contribution in [-0.2, 0) is 6.54 Å². The highest BCUT2D eigenvalue weighted by Gasteiger charge is 2.15. The monoisotopic (exact) mass is 317 g/mol. The molecule has 8 heteroatoms. The van der Waals surface area contributed by atoms with Crippen LogP contribution in [0.15, 0.2) is 24.3 Å². The van der Waals surface area contributed by atoms with E-state index in [1.165, 1.54) is 0 Å². The van der Waals surface area contributed by atoms with Crippen LogP contribution >= 0.6 is 0 Å². The smallest absolute Gasteiger partial charge is 0.255 e. The molecule has 0 atom stereocenters. The first-order valence-corrected chi connectivity index (χ1v) is 6.87. The van der Waals surface area contributed by atoms with E-state index in [9.17, 15) is 13.6 Å². The minimum atomic E-state index is -0.788. The molecule has 3 aromatic rings. The molecule has 1 N–H and O–H groups in total. The molecule has 1 aromatic carbocycles. The van der Waals surface area contributed by atoms with E-state index in [0.29, 0.717) is 11.6 Å². The summed E-state index contributed by atoms with van der Waals surface area (Å²) in [7, 11) is 0. The fourth-order valence-electron chi connectivity index (χ4n) is 2.34. The number of halogens is 2. The Labute approximate surface area is 130 Å². The molecule has 2 heterocycles. The molecule has 0 saturated carbocycles. The minimum Gasteiger partial charge on any atom is -0.345 e. The number of carbonyl (C=O) groups is 1. The van der Waals surface area contributed by atoms with Crippen molar-refractivity contribution in [3.8, 4) is 0 Å². The van der Waals surface area contributed by atoms with Crippen molar-refractivity contribution in [2.45, 2.75) is 20.4 Å². The number of hydrogen-bond donors (Lipinski definition) is 1. The largest absolute Gasteiger partial charge is 0.345 e. The second kappa shape index (κ2) is 5.71. The van der Waals surface area contributed by atoms with Crippen LogP contribution in [0.1, 0.15) is 27.6 Å². The molecule has 3 rings (SSSR count). The summed E-state index contributed by atoms with van der Waals surface area (Å²) in [5, 5.41) is 10.4. The maximum atomic E-state index is 13.6. The predicted molar refractivity (Wildman–Crippen MR) is 77.8 cm³/mol. The standard InChI is InChI=1S/C15H13F2N5O/c1-8-5-9(2)22-13(20-21-15(22)19-8)7-18-14(23)11-6-10(16)3-4-12(11)17/h3-6H,7H2,1-2H3,(H,18,23). The van der Waals surface area contributed by atoms with Crippen molar-refractivity contribution < 1.29 is 13.6 Å². The van der Waals surface area contributed by atoms with Crippen molar-refractivity contribution in [3.63, 3.8) is 0 Å². The molecule has 2 aromatic heterocycles. The average molecular weight is 317 g/mol. The molecule has 118 valence electrons. The summed E-state index contributed by atoms with van der Waals surface area (Å²) >= 11 is 0. The summed E-state index contributed by atoms with van der Waals surface area (Å²) in [5.74, 6) is -1.32. The minimum absolute atomic E-state index is 0.0154. The van der Waals surface area contributed by atoms with Gasteiger partial charge in [0.15, 0.2) is 5.82 Å². The first-order valence-electron chi connectivity index (χ1n) is 6.87. The van der Waals surface area contributed by atoms with Gasteiger partial charge < -0.3 is 5.32 Å². The Morgan fingerprint density at radius 2 is 2.00 bits per heavy atom. The predicted octanol–water partition coefficient (Wildman–Crippen LogP) is 1.95. The molecule has 0 aliphatic rings. The molecule has 0 fully saturated rings. The highest BCUT2D eigenvalue weighted by molar-refractivity contribution is 5.94. The number of nitrogens with one attached hydrogen (secondary N) is 1. The number of nitrogens with zero attached hydrogens (tertiary/aromatic N) is 4. The second-order valence-corrected chi connectivity index (χ2v) is 5.10. The van der Waals surface area contributed by atoms with Crippen molar-refractivity contribution in [1.82, 2.24) is 24.9 Å². The normalized spacial score (nSPS) is 11.0. The fourth-order valence-corrected chi connectivity index (χ4v) is 2.34. The molecule has 0 spiro atoms. The van der Waals surface area contributed by atoms with E-state index in [4.69, 9.17) is 0 Å². The maximum absolute atomic E-state index is 13.6. The third-order valence-corrected chi connectivity index (χ3v) is 3.34. The van der Waals surface area contributed by atoms with E-state index in [1.54, 1.807) is 4.40 Å². The Morgan fingerprint density at radius 3 is 2.78 bits per heavy atom. The van der Waals surface area contributed by atoms with Crippen LogP contribution < -0.4 is 5.32 Å². The Balaban J connectivity index is 1.83. The van der Waals surface area contributed by atoms with E-state index in [0.717, 1.165) is 29.6 Å². The van der Waals surface area contributed by atoms with Gasteiger partial charge in [-0.2, -0.15) is 0 Å². The van der Waals surface area contributed by atoms with Crippen LogP contribution in [0.2, 0.25) is 0 Å². The number of carbonyl (C=O) groups excluding carboxylic acids is 1. The lowest BCUT2D eigenvalue weighted by atomic mass is 10.2. The zero-order valence-corrected chi connectivity index (χ0v) is 12.5. The van der Waals surface area contributed by atoms with Gasteiger partial charge in [-0.3, -0.25) is 9.20 Å². The van der Waals surface area contributed by atoms with Crippen LogP contribution in [0.25, 0.3) is 5.78 Å². The van der Waals surface area contributed by atoms with Crippen molar-refractivity contribution in [1.29, 1.82) is 0 Å². The van der Waals surface area contributed by atoms with E-state index in [2.05, 4.69) is 20.5 Å². The second-order valence-electron chi connectivity index (χ2n) is 5.10. The van der Waals surface area contributed by atoms with E-state index in [1.807, 2.05) is 19.9 Å². The lowest BCUT2D eigenvalue weighted by molar-refractivity contribution is 0.0945. The Morgan fingerprint density at radius 1 is 1.22 bits per heavy atom. The van der Waals surface area contributed by atoms with Gasteiger partial charge in [-0.15, -0.1) is 10.2 Å². The van der Waals surface area contributed by atoms with Crippen LogP contribution in [0.4, 0.5) is 8.78 Å². The first kappa shape index (κ1) is 15.0. The number of rotatable bonds is 3. The van der Waals surface area contributed by atoms with Gasteiger partial charge in [-0.25, -0.2) is 13.8 Å². The number of aryl methyl sites for hydroxylation is 2. The highest BCUT2D eigenvalue weighted by Crippen LogP contribution is 2.11. The van der Waals surface area contributed by atoms with Gasteiger partial charge in [0.1, 0.15) is 11.6 Å². The third kappa shape index (κ3) is 2.87.